The molecule has 8 nitrogen and oxygen atoms in total. The summed E-state index contributed by atoms with van der Waals surface area (Å²) < 4.78 is 10.5. The maximum Gasteiger partial charge on any atom is 0.310 e. The third-order valence-electron chi connectivity index (χ3n) is 3.96. The summed E-state index contributed by atoms with van der Waals surface area (Å²) in [5.41, 5.74) is 5.18. The molecular formula is C17H26N4O4. The molecule has 0 aliphatic carbocycles. The van der Waals surface area contributed by atoms with Gasteiger partial charge in [0.1, 0.15) is 12.3 Å². The number of carbonyl (C=O) groups is 2. The lowest BCUT2D eigenvalue weighted by Gasteiger charge is -2.33. The predicted molar refractivity (Wildman–Crippen MR) is 93.0 cm³/mol. The van der Waals surface area contributed by atoms with Gasteiger partial charge in [-0.05, 0) is 38.8 Å². The number of primary amides is 1. The first kappa shape index (κ1) is 18.8. The average Bonchev–Trinajstić information content (AvgIpc) is 3.08. The number of ether oxygens (including phenoxy) is 1. The fourth-order valence-electron chi connectivity index (χ4n) is 2.80. The summed E-state index contributed by atoms with van der Waals surface area (Å²) in [5.74, 6) is 0.505. The minimum absolute atomic E-state index is 0.121. The number of piperidine rings is 1. The van der Waals surface area contributed by atoms with E-state index in [1.54, 1.807) is 6.07 Å². The molecule has 0 spiro atoms. The fourth-order valence-corrected chi connectivity index (χ4v) is 2.80. The van der Waals surface area contributed by atoms with E-state index in [1.807, 2.05) is 13.8 Å². The molecule has 3 N–H and O–H groups in total. The lowest BCUT2D eigenvalue weighted by atomic mass is 9.98. The van der Waals surface area contributed by atoms with Gasteiger partial charge in [0.05, 0.1) is 12.5 Å². The normalized spacial score (nSPS) is 18.1. The molecule has 1 aliphatic rings. The Morgan fingerprint density at radius 2 is 2.24 bits per heavy atom. The van der Waals surface area contributed by atoms with Crippen LogP contribution in [0.4, 0.5) is 0 Å². The van der Waals surface area contributed by atoms with Crippen molar-refractivity contribution < 1.29 is 18.7 Å². The van der Waals surface area contributed by atoms with Crippen LogP contribution in [0.2, 0.25) is 0 Å². The molecular weight excluding hydrogens is 324 g/mol. The maximum absolute atomic E-state index is 12.0. The number of hydrogen-bond acceptors (Lipinski definition) is 5. The smallest absolute Gasteiger partial charge is 0.310 e. The van der Waals surface area contributed by atoms with Crippen molar-refractivity contribution in [2.24, 2.45) is 16.6 Å². The summed E-state index contributed by atoms with van der Waals surface area (Å²) in [5, 5.41) is 3.23. The van der Waals surface area contributed by atoms with Crippen LogP contribution in [0.1, 0.15) is 43.0 Å². The summed E-state index contributed by atoms with van der Waals surface area (Å²) in [7, 11) is 0. The lowest BCUT2D eigenvalue weighted by Crippen LogP contribution is -2.48. The van der Waals surface area contributed by atoms with E-state index in [2.05, 4.69) is 15.2 Å². The summed E-state index contributed by atoms with van der Waals surface area (Å²) in [6.07, 6.45) is 1.73. The van der Waals surface area contributed by atoms with E-state index >= 15 is 0 Å². The number of esters is 1. The van der Waals surface area contributed by atoms with Crippen molar-refractivity contribution in [2.75, 3.05) is 26.2 Å². The highest BCUT2D eigenvalue weighted by Crippen LogP contribution is 2.18. The second kappa shape index (κ2) is 9.10. The lowest BCUT2D eigenvalue weighted by molar-refractivity contribution is -0.149. The first-order valence-corrected chi connectivity index (χ1v) is 8.63. The Labute approximate surface area is 147 Å². The van der Waals surface area contributed by atoms with Gasteiger partial charge in [-0.25, -0.2) is 4.99 Å². The Kier molecular flexibility index (Phi) is 6.85. The SMILES string of the molecule is CCNC(=NCc1ccc(C(N)=O)o1)N1CCCC(C(=O)OCC)C1. The van der Waals surface area contributed by atoms with Crippen LogP contribution in [-0.2, 0) is 16.1 Å². The number of nitrogens with zero attached hydrogens (tertiary/aromatic N) is 2. The van der Waals surface area contributed by atoms with Gasteiger partial charge in [-0.1, -0.05) is 0 Å². The second-order valence-electron chi connectivity index (χ2n) is 5.84. The molecule has 1 amide bonds. The van der Waals surface area contributed by atoms with Crippen LogP contribution in [0, 0.1) is 5.92 Å². The monoisotopic (exact) mass is 350 g/mol. The van der Waals surface area contributed by atoms with Crippen LogP contribution >= 0.6 is 0 Å². The summed E-state index contributed by atoms with van der Waals surface area (Å²) in [4.78, 5) is 29.7. The molecule has 1 unspecified atom stereocenters. The zero-order chi connectivity index (χ0) is 18.2. The van der Waals surface area contributed by atoms with E-state index in [9.17, 15) is 9.59 Å². The number of nitrogens with two attached hydrogens (primary N) is 1. The van der Waals surface area contributed by atoms with Crippen LogP contribution in [-0.4, -0.2) is 49.0 Å². The number of rotatable bonds is 6. The van der Waals surface area contributed by atoms with Gasteiger partial charge in [0.25, 0.3) is 5.91 Å². The first-order valence-electron chi connectivity index (χ1n) is 8.63. The van der Waals surface area contributed by atoms with Crippen LogP contribution in [0.15, 0.2) is 21.5 Å². The average molecular weight is 350 g/mol. The quantitative estimate of drug-likeness (QED) is 0.452. The minimum Gasteiger partial charge on any atom is -0.466 e. The molecule has 138 valence electrons. The van der Waals surface area contributed by atoms with E-state index in [0.29, 0.717) is 31.4 Å². The molecule has 1 aromatic rings. The molecule has 2 heterocycles. The number of carbonyl (C=O) groups excluding carboxylic acids is 2. The Balaban J connectivity index is 2.04. The van der Waals surface area contributed by atoms with Gasteiger partial charge in [-0.2, -0.15) is 0 Å². The van der Waals surface area contributed by atoms with Gasteiger partial charge in [-0.15, -0.1) is 0 Å². The summed E-state index contributed by atoms with van der Waals surface area (Å²) in [6.45, 7) is 6.60. The Hall–Kier alpha value is -2.51. The van der Waals surface area contributed by atoms with Crippen molar-refractivity contribution in [3.05, 3.63) is 23.7 Å². The van der Waals surface area contributed by atoms with Crippen molar-refractivity contribution >= 4 is 17.8 Å². The zero-order valence-electron chi connectivity index (χ0n) is 14.8. The number of nitrogens with one attached hydrogen (secondary N) is 1. The molecule has 1 aromatic heterocycles. The van der Waals surface area contributed by atoms with E-state index in [0.717, 1.165) is 19.4 Å². The van der Waals surface area contributed by atoms with Crippen molar-refractivity contribution in [1.29, 1.82) is 0 Å². The number of guanidine groups is 1. The number of hydrogen-bond donors (Lipinski definition) is 2. The van der Waals surface area contributed by atoms with E-state index in [-0.39, 0.29) is 24.2 Å². The van der Waals surface area contributed by atoms with E-state index in [4.69, 9.17) is 14.9 Å². The number of likely N-dealkylation sites (tertiary alicyclic amines) is 1. The topological polar surface area (TPSA) is 110 Å². The fraction of sp³-hybridized carbons (Fsp3) is 0.588. The molecule has 0 bridgehead atoms. The summed E-state index contributed by atoms with van der Waals surface area (Å²) in [6, 6.07) is 3.22. The van der Waals surface area contributed by atoms with Crippen LogP contribution < -0.4 is 11.1 Å². The van der Waals surface area contributed by atoms with Gasteiger partial charge in [0, 0.05) is 19.6 Å². The van der Waals surface area contributed by atoms with Gasteiger partial charge in [0.2, 0.25) is 0 Å². The largest absolute Gasteiger partial charge is 0.466 e. The maximum atomic E-state index is 12.0. The molecule has 25 heavy (non-hydrogen) atoms. The van der Waals surface area contributed by atoms with Gasteiger partial charge < -0.3 is 25.1 Å². The molecule has 1 aliphatic heterocycles. The Bertz CT molecular complexity index is 626. The van der Waals surface area contributed by atoms with Crippen LogP contribution in [0.5, 0.6) is 0 Å². The third-order valence-corrected chi connectivity index (χ3v) is 3.96. The summed E-state index contributed by atoms with van der Waals surface area (Å²) >= 11 is 0. The van der Waals surface area contributed by atoms with Gasteiger partial charge >= 0.3 is 5.97 Å². The molecule has 1 fully saturated rings. The van der Waals surface area contributed by atoms with Gasteiger partial charge in [0.15, 0.2) is 11.7 Å². The number of furan rings is 1. The third kappa shape index (κ3) is 5.23. The highest BCUT2D eigenvalue weighted by Gasteiger charge is 2.28. The molecule has 0 aromatic carbocycles. The number of aliphatic imine (C=N–C) groups is 1. The molecule has 1 atom stereocenters. The van der Waals surface area contributed by atoms with Crippen molar-refractivity contribution in [1.82, 2.24) is 10.2 Å². The highest BCUT2D eigenvalue weighted by atomic mass is 16.5. The van der Waals surface area contributed by atoms with Crippen molar-refractivity contribution in [3.63, 3.8) is 0 Å². The molecule has 1 saturated heterocycles. The van der Waals surface area contributed by atoms with Crippen LogP contribution in [0.25, 0.3) is 0 Å². The first-order chi connectivity index (χ1) is 12.0. The molecule has 0 radical (unpaired) electrons. The van der Waals surface area contributed by atoms with Crippen molar-refractivity contribution in [3.8, 4) is 0 Å². The number of amides is 1. The molecule has 0 saturated carbocycles. The second-order valence-corrected chi connectivity index (χ2v) is 5.84. The predicted octanol–water partition coefficient (Wildman–Crippen LogP) is 1.12. The van der Waals surface area contributed by atoms with E-state index in [1.165, 1.54) is 6.07 Å². The Morgan fingerprint density at radius 3 is 2.88 bits per heavy atom. The van der Waals surface area contributed by atoms with Gasteiger partial charge in [-0.3, -0.25) is 9.59 Å². The molecule has 2 rings (SSSR count). The minimum atomic E-state index is -0.601. The van der Waals surface area contributed by atoms with Crippen molar-refractivity contribution in [2.45, 2.75) is 33.2 Å². The highest BCUT2D eigenvalue weighted by molar-refractivity contribution is 5.89. The van der Waals surface area contributed by atoms with E-state index < -0.39 is 5.91 Å². The molecule has 8 heteroatoms. The Morgan fingerprint density at radius 1 is 1.44 bits per heavy atom. The standard InChI is InChI=1S/C17H26N4O4/c1-3-19-17(20-10-13-7-8-14(25-13)15(18)22)21-9-5-6-12(11-21)16(23)24-4-2/h7-8,12H,3-6,9-11H2,1-2H3,(H2,18,22)(H,19,20). The van der Waals surface area contributed by atoms with Crippen LogP contribution in [0.3, 0.4) is 0 Å². The zero-order valence-corrected chi connectivity index (χ0v) is 14.8.